The zero-order valence-corrected chi connectivity index (χ0v) is 6.29. The molecule has 0 aromatic heterocycles. The van der Waals surface area contributed by atoms with E-state index in [9.17, 15) is 9.59 Å². The van der Waals surface area contributed by atoms with Crippen molar-refractivity contribution in [2.45, 2.75) is 32.8 Å². The van der Waals surface area contributed by atoms with Crippen molar-refractivity contribution in [2.75, 3.05) is 0 Å². The first-order valence-corrected chi connectivity index (χ1v) is 3.33. The third-order valence-electron chi connectivity index (χ3n) is 1.05. The lowest BCUT2D eigenvalue weighted by Crippen LogP contribution is -2.13. The molecule has 0 N–H and O–H groups in total. The van der Waals surface area contributed by atoms with Gasteiger partial charge in [-0.3, -0.25) is 4.79 Å². The molecule has 0 aliphatic carbocycles. The fourth-order valence-corrected chi connectivity index (χ4v) is 0.491. The standard InChI is InChI=1S/C7H12O3/c1-3-7(9)10-6(2)4-5-8/h5-6H,3-4H2,1-2H3. The zero-order chi connectivity index (χ0) is 7.98. The number of esters is 1. The van der Waals surface area contributed by atoms with Crippen molar-refractivity contribution in [3.8, 4) is 0 Å². The predicted octanol–water partition coefficient (Wildman–Crippen LogP) is 0.917. The Morgan fingerprint density at radius 3 is 2.70 bits per heavy atom. The Kier molecular flexibility index (Phi) is 4.54. The topological polar surface area (TPSA) is 43.4 Å². The lowest BCUT2D eigenvalue weighted by Gasteiger charge is -2.07. The van der Waals surface area contributed by atoms with Crippen LogP contribution < -0.4 is 0 Å². The van der Waals surface area contributed by atoms with E-state index in [1.54, 1.807) is 13.8 Å². The Bertz CT molecular complexity index is 120. The first kappa shape index (κ1) is 9.14. The van der Waals surface area contributed by atoms with E-state index in [0.29, 0.717) is 6.42 Å². The van der Waals surface area contributed by atoms with Gasteiger partial charge in [-0.25, -0.2) is 0 Å². The average Bonchev–Trinajstić information content (AvgIpc) is 1.88. The molecule has 1 unspecified atom stereocenters. The first-order chi connectivity index (χ1) is 4.70. The summed E-state index contributed by atoms with van der Waals surface area (Å²) >= 11 is 0. The van der Waals surface area contributed by atoms with Crippen LogP contribution in [0.5, 0.6) is 0 Å². The zero-order valence-electron chi connectivity index (χ0n) is 6.29. The molecule has 1 atom stereocenters. The Labute approximate surface area is 60.4 Å². The Morgan fingerprint density at radius 1 is 1.70 bits per heavy atom. The highest BCUT2D eigenvalue weighted by Gasteiger charge is 2.05. The number of rotatable bonds is 4. The quantitative estimate of drug-likeness (QED) is 0.435. The summed E-state index contributed by atoms with van der Waals surface area (Å²) in [5.41, 5.74) is 0. The molecule has 0 rings (SSSR count). The second kappa shape index (κ2) is 4.97. The summed E-state index contributed by atoms with van der Waals surface area (Å²) in [6, 6.07) is 0. The Morgan fingerprint density at radius 2 is 2.30 bits per heavy atom. The molecule has 0 aliphatic heterocycles. The molecule has 0 aliphatic rings. The molecule has 0 radical (unpaired) electrons. The van der Waals surface area contributed by atoms with Crippen LogP contribution >= 0.6 is 0 Å². The minimum absolute atomic E-state index is 0.255. The van der Waals surface area contributed by atoms with Gasteiger partial charge in [0.15, 0.2) is 0 Å². The molecule has 3 heteroatoms. The summed E-state index contributed by atoms with van der Waals surface area (Å²) in [5, 5.41) is 0. The minimum atomic E-state index is -0.273. The normalized spacial score (nSPS) is 12.2. The first-order valence-electron chi connectivity index (χ1n) is 3.33. The molecule has 0 aromatic carbocycles. The molecule has 58 valence electrons. The van der Waals surface area contributed by atoms with E-state index in [1.165, 1.54) is 0 Å². The molecule has 0 spiro atoms. The SMILES string of the molecule is CCC(=O)OC(C)CC=O. The Balaban J connectivity index is 3.46. The third-order valence-corrected chi connectivity index (χ3v) is 1.05. The fraction of sp³-hybridized carbons (Fsp3) is 0.714. The third kappa shape index (κ3) is 4.06. The van der Waals surface area contributed by atoms with Crippen LogP contribution in [0.1, 0.15) is 26.7 Å². The molecule has 0 aromatic rings. The van der Waals surface area contributed by atoms with Gasteiger partial charge in [0.2, 0.25) is 0 Å². The van der Waals surface area contributed by atoms with Gasteiger partial charge in [-0.05, 0) is 6.92 Å². The summed E-state index contributed by atoms with van der Waals surface area (Å²) < 4.78 is 4.77. The lowest BCUT2D eigenvalue weighted by atomic mass is 10.3. The number of aldehydes is 1. The molecule has 0 bridgehead atoms. The van der Waals surface area contributed by atoms with Crippen LogP contribution in [0.25, 0.3) is 0 Å². The highest BCUT2D eigenvalue weighted by molar-refractivity contribution is 5.69. The molecule has 10 heavy (non-hydrogen) atoms. The van der Waals surface area contributed by atoms with Crippen molar-refractivity contribution in [3.63, 3.8) is 0 Å². The molecular formula is C7H12O3. The van der Waals surface area contributed by atoms with Crippen molar-refractivity contribution in [1.29, 1.82) is 0 Å². The van der Waals surface area contributed by atoms with Gasteiger partial charge in [-0.15, -0.1) is 0 Å². The summed E-state index contributed by atoms with van der Waals surface area (Å²) in [7, 11) is 0. The molecule has 0 heterocycles. The van der Waals surface area contributed by atoms with Crippen molar-refractivity contribution < 1.29 is 14.3 Å². The summed E-state index contributed by atoms with van der Waals surface area (Å²) in [4.78, 5) is 20.5. The highest BCUT2D eigenvalue weighted by atomic mass is 16.5. The monoisotopic (exact) mass is 144 g/mol. The smallest absolute Gasteiger partial charge is 0.305 e. The van der Waals surface area contributed by atoms with Crippen LogP contribution in [-0.2, 0) is 14.3 Å². The van der Waals surface area contributed by atoms with Crippen LogP contribution in [-0.4, -0.2) is 18.4 Å². The molecule has 0 amide bonds. The summed E-state index contributed by atoms with van der Waals surface area (Å²) in [6.07, 6.45) is 1.12. The Hall–Kier alpha value is -0.860. The summed E-state index contributed by atoms with van der Waals surface area (Å²) in [5.74, 6) is -0.255. The predicted molar refractivity (Wildman–Crippen MR) is 36.5 cm³/mol. The highest BCUT2D eigenvalue weighted by Crippen LogP contribution is 1.96. The summed E-state index contributed by atoms with van der Waals surface area (Å²) in [6.45, 7) is 3.41. The second-order valence-electron chi connectivity index (χ2n) is 2.06. The molecule has 0 saturated heterocycles. The van der Waals surface area contributed by atoms with Gasteiger partial charge >= 0.3 is 5.97 Å². The van der Waals surface area contributed by atoms with E-state index >= 15 is 0 Å². The van der Waals surface area contributed by atoms with Gasteiger partial charge < -0.3 is 9.53 Å². The number of carbonyl (C=O) groups excluding carboxylic acids is 2. The van der Waals surface area contributed by atoms with E-state index in [1.807, 2.05) is 0 Å². The molecule has 3 nitrogen and oxygen atoms in total. The minimum Gasteiger partial charge on any atom is -0.462 e. The van der Waals surface area contributed by atoms with E-state index in [-0.39, 0.29) is 18.5 Å². The van der Waals surface area contributed by atoms with E-state index in [4.69, 9.17) is 4.74 Å². The maximum absolute atomic E-state index is 10.6. The van der Waals surface area contributed by atoms with Gasteiger partial charge in [0.05, 0.1) is 0 Å². The van der Waals surface area contributed by atoms with E-state index < -0.39 is 0 Å². The van der Waals surface area contributed by atoms with Crippen LogP contribution in [0.3, 0.4) is 0 Å². The van der Waals surface area contributed by atoms with Crippen LogP contribution in [0, 0.1) is 0 Å². The molecular weight excluding hydrogens is 132 g/mol. The van der Waals surface area contributed by atoms with Crippen LogP contribution in [0.15, 0.2) is 0 Å². The van der Waals surface area contributed by atoms with Gasteiger partial charge in [-0.2, -0.15) is 0 Å². The van der Waals surface area contributed by atoms with Crippen molar-refractivity contribution in [3.05, 3.63) is 0 Å². The van der Waals surface area contributed by atoms with E-state index in [0.717, 1.165) is 6.29 Å². The van der Waals surface area contributed by atoms with Gasteiger partial charge in [0.1, 0.15) is 12.4 Å². The lowest BCUT2D eigenvalue weighted by molar-refractivity contribution is -0.148. The number of hydrogen-bond acceptors (Lipinski definition) is 3. The van der Waals surface area contributed by atoms with Crippen molar-refractivity contribution in [2.24, 2.45) is 0 Å². The second-order valence-corrected chi connectivity index (χ2v) is 2.06. The maximum Gasteiger partial charge on any atom is 0.305 e. The van der Waals surface area contributed by atoms with Crippen molar-refractivity contribution in [1.82, 2.24) is 0 Å². The van der Waals surface area contributed by atoms with Gasteiger partial charge in [0.25, 0.3) is 0 Å². The number of ether oxygens (including phenoxy) is 1. The fourth-order valence-electron chi connectivity index (χ4n) is 0.491. The molecule has 0 fully saturated rings. The largest absolute Gasteiger partial charge is 0.462 e. The van der Waals surface area contributed by atoms with Gasteiger partial charge in [0, 0.05) is 12.8 Å². The van der Waals surface area contributed by atoms with Crippen LogP contribution in [0.2, 0.25) is 0 Å². The van der Waals surface area contributed by atoms with Gasteiger partial charge in [-0.1, -0.05) is 6.92 Å². The number of carbonyl (C=O) groups is 2. The van der Waals surface area contributed by atoms with Crippen molar-refractivity contribution >= 4 is 12.3 Å². The average molecular weight is 144 g/mol. The molecule has 0 saturated carbocycles. The van der Waals surface area contributed by atoms with E-state index in [2.05, 4.69) is 0 Å². The van der Waals surface area contributed by atoms with Crippen LogP contribution in [0.4, 0.5) is 0 Å². The number of hydrogen-bond donors (Lipinski definition) is 0. The maximum atomic E-state index is 10.6.